The molecule has 1 heterocycles. The van der Waals surface area contributed by atoms with Crippen LogP contribution in [0.5, 0.6) is 0 Å². The van der Waals surface area contributed by atoms with Gasteiger partial charge in [0.2, 0.25) is 0 Å². The van der Waals surface area contributed by atoms with E-state index in [1.165, 1.54) is 17.4 Å². The highest BCUT2D eigenvalue weighted by Gasteiger charge is 2.08. The topological polar surface area (TPSA) is 58.2 Å². The average molecular weight is 320 g/mol. The van der Waals surface area contributed by atoms with Crippen molar-refractivity contribution in [2.24, 2.45) is 0 Å². The van der Waals surface area contributed by atoms with Crippen molar-refractivity contribution >= 4 is 23.2 Å². The van der Waals surface area contributed by atoms with Crippen LogP contribution in [0.15, 0.2) is 35.7 Å². The molecule has 1 aromatic carbocycles. The summed E-state index contributed by atoms with van der Waals surface area (Å²) < 4.78 is 13.4. The lowest BCUT2D eigenvalue weighted by Crippen LogP contribution is -2.29. The van der Waals surface area contributed by atoms with Gasteiger partial charge in [-0.25, -0.2) is 4.39 Å². The zero-order valence-corrected chi connectivity index (χ0v) is 13.0. The molecule has 6 heteroatoms. The second kappa shape index (κ2) is 7.70. The molecule has 0 saturated heterocycles. The Morgan fingerprint density at radius 3 is 2.50 bits per heavy atom. The lowest BCUT2D eigenvalue weighted by Gasteiger charge is -2.07. The molecule has 0 unspecified atom stereocenters. The monoisotopic (exact) mass is 320 g/mol. The summed E-state index contributed by atoms with van der Waals surface area (Å²) in [6.07, 6.45) is 0.608. The van der Waals surface area contributed by atoms with E-state index in [-0.39, 0.29) is 11.8 Å². The van der Waals surface area contributed by atoms with Gasteiger partial charge in [-0.05, 0) is 42.5 Å². The Bertz CT molecular complexity index is 656. The fourth-order valence-electron chi connectivity index (χ4n) is 1.82. The van der Waals surface area contributed by atoms with Gasteiger partial charge in [-0.15, -0.1) is 11.3 Å². The van der Waals surface area contributed by atoms with Crippen LogP contribution in [0.1, 0.15) is 32.0 Å². The second-order valence-electron chi connectivity index (χ2n) is 4.81. The highest BCUT2D eigenvalue weighted by molar-refractivity contribution is 7.12. The Kier molecular flexibility index (Phi) is 5.66. The molecule has 2 amide bonds. The largest absolute Gasteiger partial charge is 0.352 e. The summed E-state index contributed by atoms with van der Waals surface area (Å²) in [5.74, 6) is -0.818. The van der Waals surface area contributed by atoms with Crippen molar-refractivity contribution in [1.82, 2.24) is 10.6 Å². The van der Waals surface area contributed by atoms with Crippen LogP contribution in [-0.4, -0.2) is 24.9 Å². The molecule has 2 aromatic rings. The smallest absolute Gasteiger partial charge is 0.261 e. The number of carbonyl (C=O) groups is 2. The van der Waals surface area contributed by atoms with Crippen molar-refractivity contribution in [3.63, 3.8) is 0 Å². The molecular weight excluding hydrogens is 303 g/mol. The van der Waals surface area contributed by atoms with Crippen molar-refractivity contribution in [1.29, 1.82) is 0 Å². The van der Waals surface area contributed by atoms with Crippen molar-refractivity contribution in [3.8, 4) is 0 Å². The molecule has 0 aliphatic rings. The molecule has 116 valence electrons. The van der Waals surface area contributed by atoms with Gasteiger partial charge in [-0.1, -0.05) is 12.1 Å². The highest BCUT2D eigenvalue weighted by Crippen LogP contribution is 2.09. The quantitative estimate of drug-likeness (QED) is 0.804. The van der Waals surface area contributed by atoms with Crippen LogP contribution < -0.4 is 10.6 Å². The Morgan fingerprint density at radius 2 is 1.86 bits per heavy atom. The van der Waals surface area contributed by atoms with E-state index in [0.717, 1.165) is 0 Å². The number of hydrogen-bond acceptors (Lipinski definition) is 3. The number of amides is 2. The Balaban J connectivity index is 1.69. The fraction of sp³-hybridized carbons (Fsp3) is 0.250. The number of benzene rings is 1. The first-order valence-electron chi connectivity index (χ1n) is 6.94. The third-order valence-corrected chi connectivity index (χ3v) is 3.97. The maximum absolute atomic E-state index is 13.4. The van der Waals surface area contributed by atoms with Gasteiger partial charge in [0, 0.05) is 18.7 Å². The van der Waals surface area contributed by atoms with Crippen molar-refractivity contribution in [2.75, 3.05) is 13.1 Å². The van der Waals surface area contributed by atoms with Gasteiger partial charge in [0.1, 0.15) is 5.82 Å². The molecule has 0 bridgehead atoms. The lowest BCUT2D eigenvalue weighted by atomic mass is 10.1. The Morgan fingerprint density at radius 1 is 1.14 bits per heavy atom. The highest BCUT2D eigenvalue weighted by atomic mass is 32.1. The van der Waals surface area contributed by atoms with E-state index in [1.807, 2.05) is 11.4 Å². The molecule has 4 nitrogen and oxygen atoms in total. The van der Waals surface area contributed by atoms with Crippen LogP contribution >= 0.6 is 11.3 Å². The van der Waals surface area contributed by atoms with E-state index < -0.39 is 5.82 Å². The summed E-state index contributed by atoms with van der Waals surface area (Å²) in [6.45, 7) is 2.53. The molecule has 0 atom stereocenters. The first-order valence-corrected chi connectivity index (χ1v) is 7.82. The maximum atomic E-state index is 13.4. The lowest BCUT2D eigenvalue weighted by molar-refractivity contribution is 0.0952. The third kappa shape index (κ3) is 4.39. The maximum Gasteiger partial charge on any atom is 0.261 e. The zero-order chi connectivity index (χ0) is 15.9. The number of hydrogen-bond donors (Lipinski definition) is 2. The molecule has 0 spiro atoms. The van der Waals surface area contributed by atoms with Crippen molar-refractivity contribution in [3.05, 3.63) is 57.5 Å². The molecule has 0 fully saturated rings. The summed E-state index contributed by atoms with van der Waals surface area (Å²) in [5.41, 5.74) is 0.804. The molecule has 2 N–H and O–H groups in total. The van der Waals surface area contributed by atoms with E-state index in [9.17, 15) is 14.0 Å². The van der Waals surface area contributed by atoms with Gasteiger partial charge < -0.3 is 10.6 Å². The van der Waals surface area contributed by atoms with Gasteiger partial charge in [-0.3, -0.25) is 9.59 Å². The molecule has 0 radical (unpaired) electrons. The van der Waals surface area contributed by atoms with Crippen LogP contribution in [0.4, 0.5) is 4.39 Å². The number of carbonyl (C=O) groups excluding carboxylic acids is 2. The Hall–Kier alpha value is -2.21. The molecule has 0 aliphatic heterocycles. The molecule has 2 rings (SSSR count). The normalized spacial score (nSPS) is 10.3. The minimum Gasteiger partial charge on any atom is -0.352 e. The second-order valence-corrected chi connectivity index (χ2v) is 5.75. The van der Waals surface area contributed by atoms with Gasteiger partial charge in [0.25, 0.3) is 11.8 Å². The predicted octanol–water partition coefficient (Wildman–Crippen LogP) is 2.75. The van der Waals surface area contributed by atoms with E-state index in [1.54, 1.807) is 25.1 Å². The predicted molar refractivity (Wildman–Crippen MR) is 84.7 cm³/mol. The van der Waals surface area contributed by atoms with E-state index in [0.29, 0.717) is 35.5 Å². The minimum atomic E-state index is -0.393. The van der Waals surface area contributed by atoms with E-state index in [4.69, 9.17) is 0 Å². The molecule has 22 heavy (non-hydrogen) atoms. The first-order chi connectivity index (χ1) is 10.6. The van der Waals surface area contributed by atoms with Gasteiger partial charge in [0.05, 0.1) is 4.88 Å². The number of nitrogens with one attached hydrogen (secondary N) is 2. The van der Waals surface area contributed by atoms with Gasteiger partial charge in [-0.2, -0.15) is 0 Å². The number of thiophene rings is 1. The summed E-state index contributed by atoms with van der Waals surface area (Å²) in [7, 11) is 0. The molecule has 1 aromatic heterocycles. The summed E-state index contributed by atoms with van der Waals surface area (Å²) in [6, 6.07) is 7.97. The van der Waals surface area contributed by atoms with Gasteiger partial charge >= 0.3 is 0 Å². The zero-order valence-electron chi connectivity index (χ0n) is 12.2. The number of halogens is 1. The molecule has 0 saturated carbocycles. The third-order valence-electron chi connectivity index (χ3n) is 3.10. The average Bonchev–Trinajstić information content (AvgIpc) is 3.03. The van der Waals surface area contributed by atoms with Crippen LogP contribution in [0.3, 0.4) is 0 Å². The van der Waals surface area contributed by atoms with Crippen LogP contribution in [0.2, 0.25) is 0 Å². The summed E-state index contributed by atoms with van der Waals surface area (Å²) in [4.78, 5) is 24.2. The van der Waals surface area contributed by atoms with E-state index in [2.05, 4.69) is 10.6 Å². The van der Waals surface area contributed by atoms with Crippen LogP contribution in [0, 0.1) is 12.7 Å². The summed E-state index contributed by atoms with van der Waals surface area (Å²) >= 11 is 1.38. The van der Waals surface area contributed by atoms with Gasteiger partial charge in [0.15, 0.2) is 0 Å². The van der Waals surface area contributed by atoms with Crippen LogP contribution in [0.25, 0.3) is 0 Å². The molecular formula is C16H17FN2O2S. The number of rotatable bonds is 6. The summed E-state index contributed by atoms with van der Waals surface area (Å²) in [5, 5.41) is 7.32. The van der Waals surface area contributed by atoms with Crippen molar-refractivity contribution < 1.29 is 14.0 Å². The SMILES string of the molecule is Cc1ccc(C(=O)NCCCNC(=O)c2cccs2)cc1F. The van der Waals surface area contributed by atoms with Crippen LogP contribution in [-0.2, 0) is 0 Å². The Labute approximate surface area is 132 Å². The molecule has 0 aliphatic carbocycles. The van der Waals surface area contributed by atoms with Crippen molar-refractivity contribution in [2.45, 2.75) is 13.3 Å². The first kappa shape index (κ1) is 16.2. The standard InChI is InChI=1S/C16H17FN2O2S/c1-11-5-6-12(10-13(11)17)15(20)18-7-3-8-19-16(21)14-4-2-9-22-14/h2,4-6,9-10H,3,7-8H2,1H3,(H,18,20)(H,19,21). The fourth-order valence-corrected chi connectivity index (χ4v) is 2.46. The number of aryl methyl sites for hydroxylation is 1. The van der Waals surface area contributed by atoms with E-state index >= 15 is 0 Å². The minimum absolute atomic E-state index is 0.109.